The number of ether oxygens (including phenoxy) is 1. The number of carbonyl (C=O) groups excluding carboxylic acids is 1. The van der Waals surface area contributed by atoms with Gasteiger partial charge in [-0.15, -0.1) is 0 Å². The van der Waals surface area contributed by atoms with Gasteiger partial charge in [-0.25, -0.2) is 0 Å². The van der Waals surface area contributed by atoms with Crippen LogP contribution in [0.4, 0.5) is 0 Å². The van der Waals surface area contributed by atoms with Crippen LogP contribution in [0.5, 0.6) is 0 Å². The minimum Gasteiger partial charge on any atom is -0.384 e. The quantitative estimate of drug-likeness (QED) is 0.743. The number of nitrogens with two attached hydrogens (primary N) is 1. The third-order valence-corrected chi connectivity index (χ3v) is 3.21. The van der Waals surface area contributed by atoms with Crippen LogP contribution >= 0.6 is 0 Å². The van der Waals surface area contributed by atoms with Gasteiger partial charge in [-0.1, -0.05) is 13.8 Å². The van der Waals surface area contributed by atoms with Crippen LogP contribution < -0.4 is 5.73 Å². The van der Waals surface area contributed by atoms with Crippen molar-refractivity contribution >= 4 is 5.91 Å². The lowest BCUT2D eigenvalue weighted by molar-refractivity contribution is -0.131. The van der Waals surface area contributed by atoms with Crippen molar-refractivity contribution in [1.82, 2.24) is 4.90 Å². The molecule has 4 heteroatoms. The molecule has 0 saturated carbocycles. The highest BCUT2D eigenvalue weighted by atomic mass is 16.5. The molecule has 0 aromatic heterocycles. The predicted octanol–water partition coefficient (Wildman–Crippen LogP) is 0.465. The van der Waals surface area contributed by atoms with Crippen LogP contribution in [0, 0.1) is 11.3 Å². The van der Waals surface area contributed by atoms with Crippen molar-refractivity contribution in [2.24, 2.45) is 17.1 Å². The highest BCUT2D eigenvalue weighted by Gasteiger charge is 2.41. The fraction of sp³-hybridized carbons (Fsp3) is 0.909. The molecule has 0 aromatic carbocycles. The zero-order chi connectivity index (χ0) is 11.6. The molecule has 2 atom stereocenters. The van der Waals surface area contributed by atoms with E-state index in [1.54, 1.807) is 14.0 Å². The van der Waals surface area contributed by atoms with E-state index in [0.717, 1.165) is 13.1 Å². The fourth-order valence-electron chi connectivity index (χ4n) is 2.13. The maximum atomic E-state index is 11.7. The number of amides is 1. The van der Waals surface area contributed by atoms with E-state index < -0.39 is 6.04 Å². The molecule has 15 heavy (non-hydrogen) atoms. The Morgan fingerprint density at radius 1 is 1.67 bits per heavy atom. The van der Waals surface area contributed by atoms with Gasteiger partial charge in [-0.2, -0.15) is 0 Å². The summed E-state index contributed by atoms with van der Waals surface area (Å²) in [5.41, 5.74) is 5.73. The Hall–Kier alpha value is -0.610. The lowest BCUT2D eigenvalue weighted by atomic mass is 9.83. The fourth-order valence-corrected chi connectivity index (χ4v) is 2.13. The normalized spacial score (nSPS) is 26.7. The maximum absolute atomic E-state index is 11.7. The van der Waals surface area contributed by atoms with Gasteiger partial charge < -0.3 is 15.4 Å². The molecular weight excluding hydrogens is 192 g/mol. The van der Waals surface area contributed by atoms with Gasteiger partial charge >= 0.3 is 0 Å². The molecule has 0 bridgehead atoms. The molecule has 4 nitrogen and oxygen atoms in total. The van der Waals surface area contributed by atoms with E-state index >= 15 is 0 Å². The number of methoxy groups -OCH3 is 1. The molecule has 1 fully saturated rings. The van der Waals surface area contributed by atoms with Crippen molar-refractivity contribution in [3.8, 4) is 0 Å². The average Bonchev–Trinajstić information content (AvgIpc) is 2.41. The summed E-state index contributed by atoms with van der Waals surface area (Å²) >= 11 is 0. The number of carbonyl (C=O) groups is 1. The third kappa shape index (κ3) is 2.69. The first-order valence-electron chi connectivity index (χ1n) is 5.42. The second-order valence-electron chi connectivity index (χ2n) is 5.15. The molecule has 0 aliphatic carbocycles. The molecule has 2 unspecified atom stereocenters. The molecular formula is C11H22N2O2. The molecule has 2 N–H and O–H groups in total. The lowest BCUT2D eigenvalue weighted by Gasteiger charge is -2.24. The monoisotopic (exact) mass is 214 g/mol. The predicted molar refractivity (Wildman–Crippen MR) is 59.4 cm³/mol. The van der Waals surface area contributed by atoms with E-state index in [2.05, 4.69) is 13.8 Å². The number of hydrogen-bond acceptors (Lipinski definition) is 3. The number of likely N-dealkylation sites (tertiary alicyclic amines) is 1. The first-order chi connectivity index (χ1) is 6.88. The van der Waals surface area contributed by atoms with E-state index in [1.807, 2.05) is 4.90 Å². The summed E-state index contributed by atoms with van der Waals surface area (Å²) in [5, 5.41) is 0. The van der Waals surface area contributed by atoms with Gasteiger partial charge in [0.05, 0.1) is 12.6 Å². The second kappa shape index (κ2) is 4.49. The Morgan fingerprint density at radius 3 is 2.73 bits per heavy atom. The molecule has 0 aromatic rings. The van der Waals surface area contributed by atoms with Gasteiger partial charge in [0.15, 0.2) is 0 Å². The molecule has 0 radical (unpaired) electrons. The molecule has 1 saturated heterocycles. The highest BCUT2D eigenvalue weighted by Crippen LogP contribution is 2.35. The Kier molecular flexibility index (Phi) is 3.73. The summed E-state index contributed by atoms with van der Waals surface area (Å²) < 4.78 is 5.18. The summed E-state index contributed by atoms with van der Waals surface area (Å²) in [6.45, 7) is 8.33. The molecule has 0 spiro atoms. The zero-order valence-corrected chi connectivity index (χ0v) is 10.1. The minimum absolute atomic E-state index is 0.0432. The Labute approximate surface area is 91.8 Å². The summed E-state index contributed by atoms with van der Waals surface area (Å²) in [4.78, 5) is 13.6. The van der Waals surface area contributed by atoms with Crippen molar-refractivity contribution < 1.29 is 9.53 Å². The van der Waals surface area contributed by atoms with E-state index in [-0.39, 0.29) is 11.3 Å². The van der Waals surface area contributed by atoms with E-state index in [9.17, 15) is 4.79 Å². The van der Waals surface area contributed by atoms with Crippen LogP contribution in [0.2, 0.25) is 0 Å². The average molecular weight is 214 g/mol. The molecule has 1 aliphatic heterocycles. The summed E-state index contributed by atoms with van der Waals surface area (Å²) in [7, 11) is 1.70. The van der Waals surface area contributed by atoms with Crippen molar-refractivity contribution in [3.05, 3.63) is 0 Å². The smallest absolute Gasteiger partial charge is 0.239 e. The molecule has 1 aliphatic rings. The van der Waals surface area contributed by atoms with Crippen LogP contribution in [-0.2, 0) is 9.53 Å². The number of nitrogens with zero attached hydrogens (tertiary/aromatic N) is 1. The Morgan fingerprint density at radius 2 is 2.27 bits per heavy atom. The maximum Gasteiger partial charge on any atom is 0.239 e. The minimum atomic E-state index is -0.401. The Bertz CT molecular complexity index is 239. The van der Waals surface area contributed by atoms with Crippen LogP contribution in [0.25, 0.3) is 0 Å². The van der Waals surface area contributed by atoms with Crippen molar-refractivity contribution in [1.29, 1.82) is 0 Å². The summed E-state index contributed by atoms with van der Waals surface area (Å²) in [5.74, 6) is 0.451. The van der Waals surface area contributed by atoms with Gasteiger partial charge in [0, 0.05) is 26.1 Å². The van der Waals surface area contributed by atoms with E-state index in [0.29, 0.717) is 12.5 Å². The molecule has 1 amide bonds. The van der Waals surface area contributed by atoms with Crippen LogP contribution in [0.1, 0.15) is 20.8 Å². The highest BCUT2D eigenvalue weighted by molar-refractivity contribution is 5.81. The first-order valence-corrected chi connectivity index (χ1v) is 5.42. The van der Waals surface area contributed by atoms with Gasteiger partial charge in [0.2, 0.25) is 5.91 Å². The summed E-state index contributed by atoms with van der Waals surface area (Å²) in [6, 6.07) is -0.401. The van der Waals surface area contributed by atoms with E-state index in [4.69, 9.17) is 10.5 Å². The van der Waals surface area contributed by atoms with Crippen LogP contribution in [-0.4, -0.2) is 43.7 Å². The van der Waals surface area contributed by atoms with Crippen molar-refractivity contribution in [2.75, 3.05) is 26.8 Å². The van der Waals surface area contributed by atoms with Gasteiger partial charge in [-0.3, -0.25) is 4.79 Å². The van der Waals surface area contributed by atoms with Crippen molar-refractivity contribution in [3.63, 3.8) is 0 Å². The lowest BCUT2D eigenvalue weighted by Crippen LogP contribution is -2.41. The summed E-state index contributed by atoms with van der Waals surface area (Å²) in [6.07, 6.45) is 0. The van der Waals surface area contributed by atoms with E-state index in [1.165, 1.54) is 0 Å². The van der Waals surface area contributed by atoms with Crippen LogP contribution in [0.15, 0.2) is 0 Å². The molecule has 88 valence electrons. The second-order valence-corrected chi connectivity index (χ2v) is 5.15. The largest absolute Gasteiger partial charge is 0.384 e. The van der Waals surface area contributed by atoms with Crippen molar-refractivity contribution in [2.45, 2.75) is 26.8 Å². The number of hydrogen-bond donors (Lipinski definition) is 1. The first kappa shape index (κ1) is 12.5. The van der Waals surface area contributed by atoms with Gasteiger partial charge in [-0.05, 0) is 12.3 Å². The standard InChI is InChI=1S/C11H22N2O2/c1-8(12)10(14)13-5-9(6-15-4)11(2,3)7-13/h8-9H,5-7,12H2,1-4H3. The Balaban J connectivity index is 2.65. The topological polar surface area (TPSA) is 55.6 Å². The molecule has 1 heterocycles. The third-order valence-electron chi connectivity index (χ3n) is 3.21. The zero-order valence-electron chi connectivity index (χ0n) is 10.1. The number of rotatable bonds is 3. The van der Waals surface area contributed by atoms with Gasteiger partial charge in [0.1, 0.15) is 0 Å². The SMILES string of the molecule is COCC1CN(C(=O)C(C)N)CC1(C)C. The van der Waals surface area contributed by atoms with Gasteiger partial charge in [0.25, 0.3) is 0 Å². The van der Waals surface area contributed by atoms with Crippen LogP contribution in [0.3, 0.4) is 0 Å². The molecule has 1 rings (SSSR count).